The maximum atomic E-state index is 11.9. The molecular formula is C18H21NO2S. The molecule has 0 spiro atoms. The number of hydrogen-bond donors (Lipinski definition) is 1. The standard InChI is InChI=1S/C18H21NO2S/c1-14(15-6-4-3-5-7-15)12-19-18(20)13-22-17-10-8-16(21-2)9-11-17/h3-11,14H,12-13H2,1-2H3,(H,19,20)/t14-/m0/s1. The zero-order chi connectivity index (χ0) is 15.8. The van der Waals surface area contributed by atoms with Crippen LogP contribution in [0.1, 0.15) is 18.4 Å². The fourth-order valence-electron chi connectivity index (χ4n) is 2.04. The van der Waals surface area contributed by atoms with Gasteiger partial charge < -0.3 is 10.1 Å². The first kappa shape index (κ1) is 16.4. The molecular weight excluding hydrogens is 294 g/mol. The van der Waals surface area contributed by atoms with E-state index in [4.69, 9.17) is 4.74 Å². The molecule has 0 aliphatic heterocycles. The highest BCUT2D eigenvalue weighted by molar-refractivity contribution is 8.00. The van der Waals surface area contributed by atoms with Crippen LogP contribution in [0.2, 0.25) is 0 Å². The maximum absolute atomic E-state index is 11.9. The highest BCUT2D eigenvalue weighted by Crippen LogP contribution is 2.21. The fourth-order valence-corrected chi connectivity index (χ4v) is 2.77. The summed E-state index contributed by atoms with van der Waals surface area (Å²) in [7, 11) is 1.64. The molecule has 0 aliphatic carbocycles. The van der Waals surface area contributed by atoms with Crippen molar-refractivity contribution < 1.29 is 9.53 Å². The number of nitrogens with one attached hydrogen (secondary N) is 1. The molecule has 2 aromatic rings. The Morgan fingerprint density at radius 2 is 1.82 bits per heavy atom. The van der Waals surface area contributed by atoms with Crippen molar-refractivity contribution in [1.82, 2.24) is 5.32 Å². The second kappa shape index (κ2) is 8.49. The Hall–Kier alpha value is -1.94. The third-order valence-electron chi connectivity index (χ3n) is 3.40. The molecule has 0 bridgehead atoms. The molecule has 0 saturated heterocycles. The molecule has 1 N–H and O–H groups in total. The smallest absolute Gasteiger partial charge is 0.230 e. The van der Waals surface area contributed by atoms with Crippen LogP contribution in [0.25, 0.3) is 0 Å². The zero-order valence-electron chi connectivity index (χ0n) is 12.9. The van der Waals surface area contributed by atoms with Crippen molar-refractivity contribution >= 4 is 17.7 Å². The summed E-state index contributed by atoms with van der Waals surface area (Å²) in [6, 6.07) is 17.9. The number of benzene rings is 2. The number of ether oxygens (including phenoxy) is 1. The zero-order valence-corrected chi connectivity index (χ0v) is 13.7. The first-order valence-corrected chi connectivity index (χ1v) is 8.26. The van der Waals surface area contributed by atoms with E-state index in [2.05, 4.69) is 24.4 Å². The van der Waals surface area contributed by atoms with Gasteiger partial charge in [0.25, 0.3) is 0 Å². The lowest BCUT2D eigenvalue weighted by Crippen LogP contribution is -2.28. The predicted octanol–water partition coefficient (Wildman–Crippen LogP) is 3.71. The molecule has 2 rings (SSSR count). The SMILES string of the molecule is COc1ccc(SCC(=O)NC[C@H](C)c2ccccc2)cc1. The number of methoxy groups -OCH3 is 1. The third-order valence-corrected chi connectivity index (χ3v) is 4.42. The van der Waals surface area contributed by atoms with Crippen LogP contribution < -0.4 is 10.1 Å². The quantitative estimate of drug-likeness (QED) is 0.792. The Morgan fingerprint density at radius 1 is 1.14 bits per heavy atom. The number of thioether (sulfide) groups is 1. The van der Waals surface area contributed by atoms with E-state index in [-0.39, 0.29) is 5.91 Å². The van der Waals surface area contributed by atoms with Gasteiger partial charge in [-0.1, -0.05) is 37.3 Å². The first-order valence-electron chi connectivity index (χ1n) is 7.27. The molecule has 0 aromatic heterocycles. The van der Waals surface area contributed by atoms with Gasteiger partial charge in [-0.15, -0.1) is 11.8 Å². The normalized spacial score (nSPS) is 11.7. The van der Waals surface area contributed by atoms with Crippen molar-refractivity contribution in [1.29, 1.82) is 0 Å². The van der Waals surface area contributed by atoms with Crippen LogP contribution in [0.15, 0.2) is 59.5 Å². The van der Waals surface area contributed by atoms with Crippen LogP contribution >= 0.6 is 11.8 Å². The largest absolute Gasteiger partial charge is 0.497 e. The van der Waals surface area contributed by atoms with Crippen molar-refractivity contribution in [3.8, 4) is 5.75 Å². The van der Waals surface area contributed by atoms with Crippen LogP contribution in [0, 0.1) is 0 Å². The number of carbonyl (C=O) groups is 1. The summed E-state index contributed by atoms with van der Waals surface area (Å²) in [5.74, 6) is 1.62. The minimum absolute atomic E-state index is 0.0589. The molecule has 0 radical (unpaired) electrons. The van der Waals surface area contributed by atoms with Gasteiger partial charge >= 0.3 is 0 Å². The lowest BCUT2D eigenvalue weighted by atomic mass is 10.0. The van der Waals surface area contributed by atoms with Crippen LogP contribution in [0.5, 0.6) is 5.75 Å². The van der Waals surface area contributed by atoms with E-state index in [9.17, 15) is 4.79 Å². The number of hydrogen-bond acceptors (Lipinski definition) is 3. The fraction of sp³-hybridized carbons (Fsp3) is 0.278. The molecule has 4 heteroatoms. The van der Waals surface area contributed by atoms with E-state index in [1.807, 2.05) is 42.5 Å². The lowest BCUT2D eigenvalue weighted by molar-refractivity contribution is -0.118. The highest BCUT2D eigenvalue weighted by atomic mass is 32.2. The van der Waals surface area contributed by atoms with Crippen LogP contribution in [-0.4, -0.2) is 25.3 Å². The van der Waals surface area contributed by atoms with Crippen molar-refractivity contribution in [2.24, 2.45) is 0 Å². The molecule has 0 heterocycles. The van der Waals surface area contributed by atoms with Gasteiger partial charge in [0.2, 0.25) is 5.91 Å². The summed E-state index contributed by atoms with van der Waals surface area (Å²) in [4.78, 5) is 13.0. The first-order chi connectivity index (χ1) is 10.7. The average Bonchev–Trinajstić information content (AvgIpc) is 2.59. The van der Waals surface area contributed by atoms with Crippen LogP contribution in [0.4, 0.5) is 0 Å². The Balaban J connectivity index is 1.73. The van der Waals surface area contributed by atoms with E-state index < -0.39 is 0 Å². The molecule has 0 fully saturated rings. The molecule has 2 aromatic carbocycles. The molecule has 1 amide bonds. The summed E-state index contributed by atoms with van der Waals surface area (Å²) >= 11 is 1.53. The van der Waals surface area contributed by atoms with Gasteiger partial charge in [0.05, 0.1) is 12.9 Å². The molecule has 0 unspecified atom stereocenters. The van der Waals surface area contributed by atoms with Gasteiger partial charge in [0.1, 0.15) is 5.75 Å². The van der Waals surface area contributed by atoms with E-state index >= 15 is 0 Å². The lowest BCUT2D eigenvalue weighted by Gasteiger charge is -2.13. The second-order valence-electron chi connectivity index (χ2n) is 5.08. The van der Waals surface area contributed by atoms with Gasteiger partial charge in [-0.3, -0.25) is 4.79 Å². The number of amides is 1. The molecule has 0 saturated carbocycles. The van der Waals surface area contributed by atoms with Gasteiger partial charge in [0.15, 0.2) is 0 Å². The molecule has 1 atom stereocenters. The predicted molar refractivity (Wildman–Crippen MR) is 91.6 cm³/mol. The van der Waals surface area contributed by atoms with Crippen LogP contribution in [0.3, 0.4) is 0 Å². The van der Waals surface area contributed by atoms with Gasteiger partial charge in [-0.2, -0.15) is 0 Å². The van der Waals surface area contributed by atoms with Gasteiger partial charge in [-0.05, 0) is 35.7 Å². The van der Waals surface area contributed by atoms with Crippen molar-refractivity contribution in [2.45, 2.75) is 17.7 Å². The van der Waals surface area contributed by atoms with Crippen molar-refractivity contribution in [2.75, 3.05) is 19.4 Å². The Morgan fingerprint density at radius 3 is 2.45 bits per heavy atom. The molecule has 116 valence electrons. The van der Waals surface area contributed by atoms with Gasteiger partial charge in [0, 0.05) is 11.4 Å². The summed E-state index contributed by atoms with van der Waals surface area (Å²) < 4.78 is 5.11. The Labute approximate surface area is 136 Å². The second-order valence-corrected chi connectivity index (χ2v) is 6.13. The van der Waals surface area contributed by atoms with Gasteiger partial charge in [-0.25, -0.2) is 0 Å². The topological polar surface area (TPSA) is 38.3 Å². The average molecular weight is 315 g/mol. The van der Waals surface area contributed by atoms with E-state index in [1.165, 1.54) is 17.3 Å². The summed E-state index contributed by atoms with van der Waals surface area (Å²) in [5.41, 5.74) is 1.24. The van der Waals surface area contributed by atoms with Crippen molar-refractivity contribution in [3.05, 3.63) is 60.2 Å². The van der Waals surface area contributed by atoms with E-state index in [0.29, 0.717) is 18.2 Å². The summed E-state index contributed by atoms with van der Waals surface area (Å²) in [5, 5.41) is 2.99. The summed E-state index contributed by atoms with van der Waals surface area (Å²) in [6.45, 7) is 2.78. The number of rotatable bonds is 7. The minimum Gasteiger partial charge on any atom is -0.497 e. The molecule has 22 heavy (non-hydrogen) atoms. The van der Waals surface area contributed by atoms with E-state index in [0.717, 1.165) is 10.6 Å². The molecule has 0 aliphatic rings. The van der Waals surface area contributed by atoms with E-state index in [1.54, 1.807) is 7.11 Å². The van der Waals surface area contributed by atoms with Crippen LogP contribution in [-0.2, 0) is 4.79 Å². The number of carbonyl (C=O) groups excluding carboxylic acids is 1. The summed E-state index contributed by atoms with van der Waals surface area (Å²) in [6.07, 6.45) is 0. The monoisotopic (exact) mass is 315 g/mol. The third kappa shape index (κ3) is 5.11. The molecule has 3 nitrogen and oxygen atoms in total. The van der Waals surface area contributed by atoms with Crippen molar-refractivity contribution in [3.63, 3.8) is 0 Å². The Kier molecular flexibility index (Phi) is 6.34. The maximum Gasteiger partial charge on any atom is 0.230 e. The highest BCUT2D eigenvalue weighted by Gasteiger charge is 2.08. The Bertz CT molecular complexity index is 584. The minimum atomic E-state index is 0.0589.